The van der Waals surface area contributed by atoms with Crippen molar-refractivity contribution in [2.45, 2.75) is 31.3 Å². The molecular formula is C30H26N4O3. The molecule has 6 rings (SSSR count). The minimum atomic E-state index is -0.406. The Hall–Kier alpha value is -4.49. The van der Waals surface area contributed by atoms with Gasteiger partial charge >= 0.3 is 0 Å². The standard InChI is InChI=1S/C30H26N4O3/c35-34(36)25-15-11-21(12-16-25)20-37-33-28(22-13-14-22)29-26-17-18-30(19-27(26)31-32-29,23-7-3-1-4-8-23)24-9-5-2-6-10-24/h1-12,15-18,33H,13-14,19-20H2,(H,31,32). The number of H-pyrrole nitrogens is 1. The van der Waals surface area contributed by atoms with Crippen molar-refractivity contribution in [3.63, 3.8) is 0 Å². The summed E-state index contributed by atoms with van der Waals surface area (Å²) in [4.78, 5) is 16.3. The van der Waals surface area contributed by atoms with Gasteiger partial charge < -0.3 is 0 Å². The molecule has 1 saturated carbocycles. The highest BCUT2D eigenvalue weighted by Crippen LogP contribution is 2.43. The van der Waals surface area contributed by atoms with E-state index >= 15 is 0 Å². The number of nitrogens with one attached hydrogen (secondary N) is 2. The topological polar surface area (TPSA) is 93.1 Å². The van der Waals surface area contributed by atoms with E-state index in [2.05, 4.69) is 71.3 Å². The highest BCUT2D eigenvalue weighted by molar-refractivity contribution is 5.77. The van der Waals surface area contributed by atoms with Crippen LogP contribution in [0.25, 0.3) is 11.8 Å². The third-order valence-electron chi connectivity index (χ3n) is 7.10. The van der Waals surface area contributed by atoms with E-state index in [-0.39, 0.29) is 17.7 Å². The second-order valence-electron chi connectivity index (χ2n) is 9.47. The number of nitro groups is 1. The van der Waals surface area contributed by atoms with Gasteiger partial charge in [0.2, 0.25) is 0 Å². The van der Waals surface area contributed by atoms with Crippen molar-refractivity contribution in [1.82, 2.24) is 15.7 Å². The number of aromatic nitrogens is 2. The predicted octanol–water partition coefficient (Wildman–Crippen LogP) is 6.10. The van der Waals surface area contributed by atoms with E-state index in [1.54, 1.807) is 12.1 Å². The number of hydroxylamine groups is 1. The van der Waals surface area contributed by atoms with E-state index in [1.807, 2.05) is 12.1 Å². The van der Waals surface area contributed by atoms with Crippen molar-refractivity contribution in [1.29, 1.82) is 0 Å². The molecule has 2 aliphatic rings. The minimum absolute atomic E-state index is 0.0644. The number of fused-ring (bicyclic) bond motifs is 1. The van der Waals surface area contributed by atoms with Crippen LogP contribution in [-0.2, 0) is 23.3 Å². The molecule has 0 saturated heterocycles. The lowest BCUT2D eigenvalue weighted by Gasteiger charge is -2.34. The fraction of sp³-hybridized carbons (Fsp3) is 0.167. The maximum Gasteiger partial charge on any atom is 0.269 e. The smallest absolute Gasteiger partial charge is 0.269 e. The first-order valence-electron chi connectivity index (χ1n) is 12.3. The Morgan fingerprint density at radius 3 is 2.22 bits per heavy atom. The maximum absolute atomic E-state index is 10.9. The Morgan fingerprint density at radius 2 is 1.62 bits per heavy atom. The number of nitrogens with zero attached hydrogens (tertiary/aromatic N) is 2. The monoisotopic (exact) mass is 490 g/mol. The third kappa shape index (κ3) is 4.45. The van der Waals surface area contributed by atoms with Crippen LogP contribution in [0.15, 0.2) is 96.6 Å². The molecule has 7 nitrogen and oxygen atoms in total. The van der Waals surface area contributed by atoms with Crippen LogP contribution in [0.5, 0.6) is 0 Å². The molecule has 0 unspecified atom stereocenters. The summed E-state index contributed by atoms with van der Waals surface area (Å²) in [5.74, 6) is 0. The van der Waals surface area contributed by atoms with Crippen LogP contribution in [0.3, 0.4) is 0 Å². The van der Waals surface area contributed by atoms with Gasteiger partial charge in [-0.1, -0.05) is 72.8 Å². The van der Waals surface area contributed by atoms with Crippen molar-refractivity contribution >= 4 is 17.5 Å². The van der Waals surface area contributed by atoms with Gasteiger partial charge in [-0.05, 0) is 47.2 Å². The van der Waals surface area contributed by atoms with E-state index in [0.29, 0.717) is 0 Å². The fourth-order valence-electron chi connectivity index (χ4n) is 5.00. The molecule has 0 atom stereocenters. The van der Waals surface area contributed by atoms with Crippen LogP contribution < -0.4 is 5.48 Å². The Labute approximate surface area is 214 Å². The molecule has 4 aromatic rings. The van der Waals surface area contributed by atoms with Gasteiger partial charge in [-0.25, -0.2) is 0 Å². The summed E-state index contributed by atoms with van der Waals surface area (Å²) in [5, 5.41) is 18.9. The van der Waals surface area contributed by atoms with E-state index in [1.165, 1.54) is 28.8 Å². The number of nitro benzene ring substituents is 1. The van der Waals surface area contributed by atoms with E-state index < -0.39 is 4.92 Å². The van der Waals surface area contributed by atoms with Crippen molar-refractivity contribution in [2.75, 3.05) is 0 Å². The van der Waals surface area contributed by atoms with Gasteiger partial charge in [0.25, 0.3) is 5.69 Å². The predicted molar refractivity (Wildman–Crippen MR) is 142 cm³/mol. The molecule has 1 heterocycles. The Balaban J connectivity index is 1.26. The highest BCUT2D eigenvalue weighted by Gasteiger charge is 2.37. The second-order valence-corrected chi connectivity index (χ2v) is 9.47. The zero-order valence-corrected chi connectivity index (χ0v) is 20.2. The SMILES string of the molecule is O=[N+]([O-])c1ccc(CONC(=C2CC2)c2n[nH]c3c2C=CC(c2ccccc2)(c2ccccc2)C3)cc1. The van der Waals surface area contributed by atoms with Gasteiger partial charge in [0.1, 0.15) is 5.69 Å². The molecule has 7 heteroatoms. The number of rotatable bonds is 8. The summed E-state index contributed by atoms with van der Waals surface area (Å²) in [5.41, 5.74) is 11.4. The molecule has 0 aliphatic heterocycles. The fourth-order valence-corrected chi connectivity index (χ4v) is 5.00. The van der Waals surface area contributed by atoms with Crippen molar-refractivity contribution < 1.29 is 9.76 Å². The first-order chi connectivity index (χ1) is 18.1. The number of hydrogen-bond donors (Lipinski definition) is 2. The number of allylic oxidation sites excluding steroid dienone is 2. The molecule has 37 heavy (non-hydrogen) atoms. The third-order valence-corrected chi connectivity index (χ3v) is 7.10. The minimum Gasteiger partial charge on any atom is -0.281 e. The Bertz CT molecular complexity index is 1440. The summed E-state index contributed by atoms with van der Waals surface area (Å²) >= 11 is 0. The molecule has 184 valence electrons. The summed E-state index contributed by atoms with van der Waals surface area (Å²) in [7, 11) is 0. The normalized spacial score (nSPS) is 15.2. The zero-order chi connectivity index (χ0) is 25.2. The Morgan fingerprint density at radius 1 is 0.973 bits per heavy atom. The molecule has 2 aliphatic carbocycles. The quantitative estimate of drug-likeness (QED) is 0.230. The van der Waals surface area contributed by atoms with Crippen LogP contribution in [0.1, 0.15) is 46.5 Å². The van der Waals surface area contributed by atoms with Gasteiger partial charge in [-0.3, -0.25) is 25.5 Å². The highest BCUT2D eigenvalue weighted by atomic mass is 16.6. The van der Waals surface area contributed by atoms with Crippen LogP contribution in [0.4, 0.5) is 5.69 Å². The Kier molecular flexibility index (Phi) is 5.90. The van der Waals surface area contributed by atoms with Crippen molar-refractivity contribution in [3.05, 3.63) is 140 Å². The zero-order valence-electron chi connectivity index (χ0n) is 20.2. The average molecular weight is 491 g/mol. The number of benzene rings is 3. The van der Waals surface area contributed by atoms with Crippen LogP contribution in [0, 0.1) is 10.1 Å². The lowest BCUT2D eigenvalue weighted by Crippen LogP contribution is -2.30. The van der Waals surface area contributed by atoms with Crippen molar-refractivity contribution in [2.24, 2.45) is 0 Å². The molecule has 3 aromatic carbocycles. The summed E-state index contributed by atoms with van der Waals surface area (Å²) in [6.07, 6.45) is 7.26. The van der Waals surface area contributed by atoms with Gasteiger partial charge in [-0.15, -0.1) is 0 Å². The number of hydrogen-bond acceptors (Lipinski definition) is 5. The first-order valence-corrected chi connectivity index (χ1v) is 12.3. The van der Waals surface area contributed by atoms with E-state index in [9.17, 15) is 10.1 Å². The largest absolute Gasteiger partial charge is 0.281 e. The molecule has 0 radical (unpaired) electrons. The first kappa shape index (κ1) is 22.9. The van der Waals surface area contributed by atoms with Gasteiger partial charge in [0, 0.05) is 35.2 Å². The van der Waals surface area contributed by atoms with Crippen LogP contribution in [-0.4, -0.2) is 15.1 Å². The number of non-ortho nitro benzene ring substituents is 1. The maximum atomic E-state index is 10.9. The average Bonchev–Trinajstić information content (AvgIpc) is 3.71. The van der Waals surface area contributed by atoms with E-state index in [0.717, 1.165) is 47.5 Å². The van der Waals surface area contributed by atoms with Gasteiger partial charge in [-0.2, -0.15) is 5.10 Å². The second kappa shape index (κ2) is 9.52. The molecule has 1 aromatic heterocycles. The van der Waals surface area contributed by atoms with Crippen molar-refractivity contribution in [3.8, 4) is 0 Å². The molecule has 0 spiro atoms. The molecular weight excluding hydrogens is 464 g/mol. The molecule has 2 N–H and O–H groups in total. The lowest BCUT2D eigenvalue weighted by atomic mass is 9.68. The van der Waals surface area contributed by atoms with Crippen LogP contribution in [0.2, 0.25) is 0 Å². The molecule has 1 fully saturated rings. The molecule has 0 bridgehead atoms. The van der Waals surface area contributed by atoms with Gasteiger partial charge in [0.15, 0.2) is 0 Å². The summed E-state index contributed by atoms with van der Waals surface area (Å²) < 4.78 is 0. The van der Waals surface area contributed by atoms with Gasteiger partial charge in [0.05, 0.1) is 17.2 Å². The summed E-state index contributed by atoms with van der Waals surface area (Å²) in [6.45, 7) is 0.280. The summed E-state index contributed by atoms with van der Waals surface area (Å²) in [6, 6.07) is 27.6. The molecule has 0 amide bonds. The van der Waals surface area contributed by atoms with E-state index in [4.69, 9.17) is 9.94 Å². The lowest BCUT2D eigenvalue weighted by molar-refractivity contribution is -0.384. The number of aromatic amines is 1. The van der Waals surface area contributed by atoms with Crippen LogP contribution >= 0.6 is 0 Å².